The summed E-state index contributed by atoms with van der Waals surface area (Å²) in [5.41, 5.74) is 2.25. The number of carbonyl (C=O) groups excluding carboxylic acids is 1. The van der Waals surface area contributed by atoms with Gasteiger partial charge in [-0.1, -0.05) is 36.4 Å². The lowest BCUT2D eigenvalue weighted by molar-refractivity contribution is -0.130. The molecule has 0 N–H and O–H groups in total. The first-order chi connectivity index (χ1) is 11.5. The lowest BCUT2D eigenvalue weighted by Crippen LogP contribution is -2.40. The maximum atomic E-state index is 12.5. The molecule has 3 rings (SSSR count). The third-order valence-corrected chi connectivity index (χ3v) is 5.34. The van der Waals surface area contributed by atoms with Crippen molar-refractivity contribution in [2.24, 2.45) is 5.92 Å². The van der Waals surface area contributed by atoms with Gasteiger partial charge >= 0.3 is 0 Å². The molecule has 24 heavy (non-hydrogen) atoms. The third-order valence-electron chi connectivity index (χ3n) is 4.42. The van der Waals surface area contributed by atoms with Crippen LogP contribution in [0.25, 0.3) is 5.69 Å². The van der Waals surface area contributed by atoms with E-state index >= 15 is 0 Å². The van der Waals surface area contributed by atoms with E-state index in [9.17, 15) is 4.79 Å². The van der Waals surface area contributed by atoms with Gasteiger partial charge in [0.2, 0.25) is 5.91 Å². The summed E-state index contributed by atoms with van der Waals surface area (Å²) in [5.74, 6) is 2.05. The SMILES string of the molecule is Cc1ccc(-n2c(C)nnc2SCC(=O)N2CCC[C@@H](C)C2)cc1. The monoisotopic (exact) mass is 344 g/mol. The molecule has 2 heterocycles. The van der Waals surface area contributed by atoms with E-state index in [-0.39, 0.29) is 5.91 Å². The minimum absolute atomic E-state index is 0.197. The smallest absolute Gasteiger partial charge is 0.233 e. The third kappa shape index (κ3) is 3.80. The molecule has 0 saturated carbocycles. The van der Waals surface area contributed by atoms with Gasteiger partial charge in [0.1, 0.15) is 5.82 Å². The first kappa shape index (κ1) is 17.0. The number of thioether (sulfide) groups is 1. The summed E-state index contributed by atoms with van der Waals surface area (Å²) in [6.07, 6.45) is 2.33. The highest BCUT2D eigenvalue weighted by atomic mass is 32.2. The fourth-order valence-corrected chi connectivity index (χ4v) is 3.96. The molecule has 128 valence electrons. The Kier molecular flexibility index (Phi) is 5.23. The van der Waals surface area contributed by atoms with Crippen LogP contribution in [0.5, 0.6) is 0 Å². The summed E-state index contributed by atoms with van der Waals surface area (Å²) < 4.78 is 2.01. The molecule has 6 heteroatoms. The molecule has 0 aliphatic carbocycles. The van der Waals surface area contributed by atoms with Crippen molar-refractivity contribution in [1.82, 2.24) is 19.7 Å². The molecule has 0 unspecified atom stereocenters. The van der Waals surface area contributed by atoms with E-state index in [0.717, 1.165) is 36.2 Å². The van der Waals surface area contributed by atoms with Gasteiger partial charge in [-0.3, -0.25) is 9.36 Å². The van der Waals surface area contributed by atoms with E-state index in [1.165, 1.54) is 23.7 Å². The van der Waals surface area contributed by atoms with Crippen molar-refractivity contribution in [2.75, 3.05) is 18.8 Å². The number of amides is 1. The highest BCUT2D eigenvalue weighted by molar-refractivity contribution is 7.99. The van der Waals surface area contributed by atoms with Crippen LogP contribution in [0, 0.1) is 19.8 Å². The Morgan fingerprint density at radius 3 is 2.71 bits per heavy atom. The second kappa shape index (κ2) is 7.38. The summed E-state index contributed by atoms with van der Waals surface area (Å²) in [4.78, 5) is 14.5. The van der Waals surface area contributed by atoms with Crippen LogP contribution < -0.4 is 0 Å². The Morgan fingerprint density at radius 2 is 2.00 bits per heavy atom. The minimum Gasteiger partial charge on any atom is -0.342 e. The number of hydrogen-bond acceptors (Lipinski definition) is 4. The first-order valence-electron chi connectivity index (χ1n) is 8.44. The van der Waals surface area contributed by atoms with Crippen molar-refractivity contribution in [3.05, 3.63) is 35.7 Å². The van der Waals surface area contributed by atoms with Crippen molar-refractivity contribution < 1.29 is 4.79 Å². The van der Waals surface area contributed by atoms with Gasteiger partial charge in [0.25, 0.3) is 0 Å². The molecule has 0 radical (unpaired) electrons. The number of likely N-dealkylation sites (tertiary alicyclic amines) is 1. The standard InChI is InChI=1S/C18H24N4OS/c1-13-6-8-16(9-7-13)22-15(3)19-20-18(22)24-12-17(23)21-10-4-5-14(2)11-21/h6-9,14H,4-5,10-12H2,1-3H3/t14-/m1/s1. The second-order valence-corrected chi connectivity index (χ2v) is 7.52. The largest absolute Gasteiger partial charge is 0.342 e. The number of hydrogen-bond donors (Lipinski definition) is 0. The van der Waals surface area contributed by atoms with E-state index in [0.29, 0.717) is 11.7 Å². The summed E-state index contributed by atoms with van der Waals surface area (Å²) in [6, 6.07) is 8.26. The van der Waals surface area contributed by atoms with E-state index in [2.05, 4.69) is 48.3 Å². The van der Waals surface area contributed by atoms with Gasteiger partial charge in [-0.25, -0.2) is 0 Å². The number of nitrogens with zero attached hydrogens (tertiary/aromatic N) is 4. The van der Waals surface area contributed by atoms with Crippen LogP contribution in [0.15, 0.2) is 29.4 Å². The maximum absolute atomic E-state index is 12.5. The first-order valence-corrected chi connectivity index (χ1v) is 9.43. The van der Waals surface area contributed by atoms with Crippen LogP contribution in [0.1, 0.15) is 31.2 Å². The van der Waals surface area contributed by atoms with Gasteiger partial charge in [0, 0.05) is 18.8 Å². The fourth-order valence-electron chi connectivity index (χ4n) is 3.06. The molecule has 1 saturated heterocycles. The Bertz CT molecular complexity index is 710. The molecule has 1 aromatic carbocycles. The normalized spacial score (nSPS) is 18.0. The predicted octanol–water partition coefficient (Wildman–Crippen LogP) is 3.23. The Hall–Kier alpha value is -1.82. The zero-order chi connectivity index (χ0) is 17.1. The van der Waals surface area contributed by atoms with E-state index in [1.54, 1.807) is 0 Å². The molecule has 0 spiro atoms. The van der Waals surface area contributed by atoms with Crippen molar-refractivity contribution in [1.29, 1.82) is 0 Å². The van der Waals surface area contributed by atoms with Crippen molar-refractivity contribution in [3.8, 4) is 5.69 Å². The molecular formula is C18H24N4OS. The van der Waals surface area contributed by atoms with E-state index in [1.807, 2.05) is 16.4 Å². The lowest BCUT2D eigenvalue weighted by Gasteiger charge is -2.30. The Morgan fingerprint density at radius 1 is 1.25 bits per heavy atom. The van der Waals surface area contributed by atoms with Crippen LogP contribution in [-0.4, -0.2) is 44.4 Å². The highest BCUT2D eigenvalue weighted by Crippen LogP contribution is 2.23. The number of aryl methyl sites for hydroxylation is 2. The number of aromatic nitrogens is 3. The zero-order valence-corrected chi connectivity index (χ0v) is 15.3. The predicted molar refractivity (Wildman–Crippen MR) is 96.5 cm³/mol. The van der Waals surface area contributed by atoms with Crippen LogP contribution in [-0.2, 0) is 4.79 Å². The zero-order valence-electron chi connectivity index (χ0n) is 14.5. The maximum Gasteiger partial charge on any atom is 0.233 e. The molecule has 0 bridgehead atoms. The summed E-state index contributed by atoms with van der Waals surface area (Å²) >= 11 is 1.47. The molecule has 1 aliphatic heterocycles. The molecule has 1 aliphatic rings. The number of piperidine rings is 1. The molecule has 5 nitrogen and oxygen atoms in total. The van der Waals surface area contributed by atoms with Gasteiger partial charge in [-0.05, 0) is 44.7 Å². The van der Waals surface area contributed by atoms with Gasteiger partial charge in [0.05, 0.1) is 5.75 Å². The molecule has 1 atom stereocenters. The van der Waals surface area contributed by atoms with Crippen LogP contribution in [0.4, 0.5) is 0 Å². The average Bonchev–Trinajstić information content (AvgIpc) is 2.94. The molecule has 2 aromatic rings. The van der Waals surface area contributed by atoms with Crippen molar-refractivity contribution >= 4 is 17.7 Å². The van der Waals surface area contributed by atoms with Crippen LogP contribution >= 0.6 is 11.8 Å². The number of rotatable bonds is 4. The van der Waals surface area contributed by atoms with E-state index in [4.69, 9.17) is 0 Å². The van der Waals surface area contributed by atoms with Crippen molar-refractivity contribution in [3.63, 3.8) is 0 Å². The van der Waals surface area contributed by atoms with Gasteiger partial charge in [-0.2, -0.15) is 0 Å². The minimum atomic E-state index is 0.197. The fraction of sp³-hybridized carbons (Fsp3) is 0.500. The van der Waals surface area contributed by atoms with E-state index < -0.39 is 0 Å². The van der Waals surface area contributed by atoms with Crippen molar-refractivity contribution in [2.45, 2.75) is 38.8 Å². The van der Waals surface area contributed by atoms with Crippen LogP contribution in [0.2, 0.25) is 0 Å². The van der Waals surface area contributed by atoms with Gasteiger partial charge < -0.3 is 4.90 Å². The van der Waals surface area contributed by atoms with Gasteiger partial charge in [0.15, 0.2) is 5.16 Å². The average molecular weight is 344 g/mol. The highest BCUT2D eigenvalue weighted by Gasteiger charge is 2.22. The summed E-state index contributed by atoms with van der Waals surface area (Å²) in [5, 5.41) is 9.21. The Labute approximate surface area is 147 Å². The lowest BCUT2D eigenvalue weighted by atomic mass is 10.0. The number of benzene rings is 1. The summed E-state index contributed by atoms with van der Waals surface area (Å²) in [7, 11) is 0. The quantitative estimate of drug-likeness (QED) is 0.799. The topological polar surface area (TPSA) is 51.0 Å². The molecule has 1 fully saturated rings. The Balaban J connectivity index is 1.70. The van der Waals surface area contributed by atoms with Crippen LogP contribution in [0.3, 0.4) is 0 Å². The number of carbonyl (C=O) groups is 1. The molecule has 1 aromatic heterocycles. The molecule has 1 amide bonds. The summed E-state index contributed by atoms with van der Waals surface area (Å²) in [6.45, 7) is 7.97. The molecular weight excluding hydrogens is 320 g/mol. The van der Waals surface area contributed by atoms with Gasteiger partial charge in [-0.15, -0.1) is 10.2 Å². The second-order valence-electron chi connectivity index (χ2n) is 6.58.